The normalized spacial score (nSPS) is 11.4. The Morgan fingerprint density at radius 3 is 2.72 bits per heavy atom. The zero-order chi connectivity index (χ0) is 20.4. The lowest BCUT2D eigenvalue weighted by molar-refractivity contribution is 0.0961. The third kappa shape index (κ3) is 3.97. The molecule has 0 atom stereocenters. The van der Waals surface area contributed by atoms with Gasteiger partial charge in [-0.2, -0.15) is 0 Å². The maximum atomic E-state index is 13.4. The summed E-state index contributed by atoms with van der Waals surface area (Å²) < 4.78 is 12.2. The number of furan rings is 1. The van der Waals surface area contributed by atoms with Crippen LogP contribution in [0.25, 0.3) is 21.2 Å². The summed E-state index contributed by atoms with van der Waals surface area (Å²) in [5.74, 6) is 0.842. The van der Waals surface area contributed by atoms with Gasteiger partial charge in [0, 0.05) is 11.9 Å². The molecule has 0 aliphatic heterocycles. The van der Waals surface area contributed by atoms with Crippen LogP contribution in [0.3, 0.4) is 0 Å². The average molecular weight is 410 g/mol. The molecule has 4 rings (SSSR count). The molecule has 7 heteroatoms. The van der Waals surface area contributed by atoms with Gasteiger partial charge in [-0.05, 0) is 51.3 Å². The molecule has 0 N–H and O–H groups in total. The lowest BCUT2D eigenvalue weighted by atomic mass is 10.2. The summed E-state index contributed by atoms with van der Waals surface area (Å²) in [6.45, 7) is 1.42. The molecule has 0 spiro atoms. The molecule has 0 radical (unpaired) electrons. The third-order valence-electron chi connectivity index (χ3n) is 4.69. The van der Waals surface area contributed by atoms with E-state index in [4.69, 9.17) is 14.1 Å². The van der Waals surface area contributed by atoms with Crippen molar-refractivity contribution in [3.05, 3.63) is 54.3 Å². The maximum absolute atomic E-state index is 13.4. The molecule has 29 heavy (non-hydrogen) atoms. The number of carbonyl (C=O) groups is 1. The standard InChI is InChI=1S/C22H23N3O3S/c1-24(2)12-7-13-25(21(26)18-14-15-8-4-5-9-16(15)28-18)22-23-20-17(27-3)10-6-11-19(20)29-22/h4-6,8-11,14H,7,12-13H2,1-3H3. The first kappa shape index (κ1) is 19.4. The molecular formula is C22H23N3O3S. The van der Waals surface area contributed by atoms with Gasteiger partial charge in [-0.3, -0.25) is 9.69 Å². The van der Waals surface area contributed by atoms with Crippen LogP contribution in [0.15, 0.2) is 52.9 Å². The zero-order valence-corrected chi connectivity index (χ0v) is 17.5. The molecule has 1 amide bonds. The zero-order valence-electron chi connectivity index (χ0n) is 16.7. The quantitative estimate of drug-likeness (QED) is 0.445. The minimum atomic E-state index is -0.182. The predicted molar refractivity (Wildman–Crippen MR) is 117 cm³/mol. The fraction of sp³-hybridized carbons (Fsp3) is 0.273. The van der Waals surface area contributed by atoms with Crippen molar-refractivity contribution >= 4 is 43.6 Å². The summed E-state index contributed by atoms with van der Waals surface area (Å²) in [5.41, 5.74) is 1.47. The van der Waals surface area contributed by atoms with Crippen LogP contribution in [-0.4, -0.2) is 50.1 Å². The van der Waals surface area contributed by atoms with Gasteiger partial charge in [0.15, 0.2) is 10.9 Å². The van der Waals surface area contributed by atoms with Crippen molar-refractivity contribution in [2.24, 2.45) is 0 Å². The molecule has 0 fully saturated rings. The van der Waals surface area contributed by atoms with Gasteiger partial charge in [0.05, 0.1) is 11.8 Å². The second-order valence-corrected chi connectivity index (χ2v) is 8.07. The molecule has 2 aromatic carbocycles. The highest BCUT2D eigenvalue weighted by molar-refractivity contribution is 7.22. The van der Waals surface area contributed by atoms with Gasteiger partial charge < -0.3 is 14.1 Å². The Morgan fingerprint density at radius 2 is 1.97 bits per heavy atom. The van der Waals surface area contributed by atoms with Crippen molar-refractivity contribution in [1.82, 2.24) is 9.88 Å². The van der Waals surface area contributed by atoms with Crippen LogP contribution < -0.4 is 9.64 Å². The number of anilines is 1. The number of methoxy groups -OCH3 is 1. The second-order valence-electron chi connectivity index (χ2n) is 7.07. The van der Waals surface area contributed by atoms with E-state index in [1.807, 2.05) is 56.6 Å². The lowest BCUT2D eigenvalue weighted by Crippen LogP contribution is -2.33. The smallest absolute Gasteiger partial charge is 0.295 e. The number of benzene rings is 2. The topological polar surface area (TPSA) is 58.8 Å². The Balaban J connectivity index is 1.71. The number of nitrogens with zero attached hydrogens (tertiary/aromatic N) is 3. The summed E-state index contributed by atoms with van der Waals surface area (Å²) in [6.07, 6.45) is 0.825. The fourth-order valence-electron chi connectivity index (χ4n) is 3.24. The number of thiazole rings is 1. The highest BCUT2D eigenvalue weighted by Crippen LogP contribution is 2.35. The van der Waals surface area contributed by atoms with Crippen molar-refractivity contribution < 1.29 is 13.9 Å². The van der Waals surface area contributed by atoms with Gasteiger partial charge in [-0.1, -0.05) is 35.6 Å². The van der Waals surface area contributed by atoms with Crippen LogP contribution >= 0.6 is 11.3 Å². The molecule has 2 aromatic heterocycles. The SMILES string of the molecule is COc1cccc2sc(N(CCCN(C)C)C(=O)c3cc4ccccc4o3)nc12. The van der Waals surface area contributed by atoms with Crippen molar-refractivity contribution in [2.75, 3.05) is 39.2 Å². The van der Waals surface area contributed by atoms with Crippen LogP contribution in [0.2, 0.25) is 0 Å². The minimum Gasteiger partial charge on any atom is -0.494 e. The van der Waals surface area contributed by atoms with Gasteiger partial charge in [-0.15, -0.1) is 0 Å². The molecule has 150 valence electrons. The van der Waals surface area contributed by atoms with E-state index < -0.39 is 0 Å². The molecule has 0 bridgehead atoms. The van der Waals surface area contributed by atoms with E-state index in [1.54, 1.807) is 18.1 Å². The predicted octanol–water partition coefficient (Wildman–Crippen LogP) is 4.65. The summed E-state index contributed by atoms with van der Waals surface area (Å²) in [7, 11) is 5.67. The number of ether oxygens (including phenoxy) is 1. The van der Waals surface area contributed by atoms with Gasteiger partial charge in [-0.25, -0.2) is 4.98 Å². The number of para-hydroxylation sites is 2. The van der Waals surface area contributed by atoms with E-state index in [9.17, 15) is 4.79 Å². The van der Waals surface area contributed by atoms with Crippen molar-refractivity contribution in [2.45, 2.75) is 6.42 Å². The Kier molecular flexibility index (Phi) is 5.51. The molecule has 4 aromatic rings. The number of rotatable bonds is 7. The average Bonchev–Trinajstić information content (AvgIpc) is 3.34. The van der Waals surface area contributed by atoms with Gasteiger partial charge >= 0.3 is 0 Å². The summed E-state index contributed by atoms with van der Waals surface area (Å²) in [4.78, 5) is 21.9. The number of carbonyl (C=O) groups excluding carboxylic acids is 1. The Hall–Kier alpha value is -2.90. The molecule has 0 saturated carbocycles. The first-order valence-corrected chi connectivity index (χ1v) is 10.3. The Labute approximate surface area is 173 Å². The van der Waals surface area contributed by atoms with E-state index >= 15 is 0 Å². The first-order chi connectivity index (χ1) is 14.1. The van der Waals surface area contributed by atoms with Crippen molar-refractivity contribution in [3.8, 4) is 5.75 Å². The van der Waals surface area contributed by atoms with Crippen LogP contribution in [0.1, 0.15) is 17.0 Å². The molecule has 0 saturated heterocycles. The minimum absolute atomic E-state index is 0.182. The Morgan fingerprint density at radius 1 is 1.14 bits per heavy atom. The second kappa shape index (κ2) is 8.23. The highest BCUT2D eigenvalue weighted by Gasteiger charge is 2.24. The monoisotopic (exact) mass is 409 g/mol. The van der Waals surface area contributed by atoms with Crippen molar-refractivity contribution in [1.29, 1.82) is 0 Å². The van der Waals surface area contributed by atoms with E-state index in [1.165, 1.54) is 11.3 Å². The number of amides is 1. The number of hydrogen-bond donors (Lipinski definition) is 0. The largest absolute Gasteiger partial charge is 0.494 e. The van der Waals surface area contributed by atoms with Gasteiger partial charge in [0.2, 0.25) is 0 Å². The van der Waals surface area contributed by atoms with Gasteiger partial charge in [0.1, 0.15) is 16.8 Å². The number of fused-ring (bicyclic) bond motifs is 2. The summed E-state index contributed by atoms with van der Waals surface area (Å²) >= 11 is 1.48. The molecule has 0 unspecified atom stereocenters. The number of aromatic nitrogens is 1. The molecule has 2 heterocycles. The van der Waals surface area contributed by atoms with E-state index in [0.29, 0.717) is 28.8 Å². The summed E-state index contributed by atoms with van der Waals surface area (Å²) in [5, 5.41) is 1.56. The van der Waals surface area contributed by atoms with E-state index in [0.717, 1.165) is 28.6 Å². The van der Waals surface area contributed by atoms with Crippen LogP contribution in [-0.2, 0) is 0 Å². The van der Waals surface area contributed by atoms with Crippen molar-refractivity contribution in [3.63, 3.8) is 0 Å². The highest BCUT2D eigenvalue weighted by atomic mass is 32.1. The van der Waals surface area contributed by atoms with Crippen LogP contribution in [0.5, 0.6) is 5.75 Å². The fourth-order valence-corrected chi connectivity index (χ4v) is 4.25. The number of hydrogen-bond acceptors (Lipinski definition) is 6. The first-order valence-electron chi connectivity index (χ1n) is 9.45. The third-order valence-corrected chi connectivity index (χ3v) is 5.73. The van der Waals surface area contributed by atoms with Crippen LogP contribution in [0, 0.1) is 0 Å². The Bertz CT molecular complexity index is 1120. The van der Waals surface area contributed by atoms with E-state index in [-0.39, 0.29) is 5.91 Å². The molecular weight excluding hydrogens is 386 g/mol. The molecule has 6 nitrogen and oxygen atoms in total. The summed E-state index contributed by atoms with van der Waals surface area (Å²) in [6, 6.07) is 15.2. The van der Waals surface area contributed by atoms with E-state index in [2.05, 4.69) is 4.90 Å². The maximum Gasteiger partial charge on any atom is 0.295 e. The lowest BCUT2D eigenvalue weighted by Gasteiger charge is -2.19. The van der Waals surface area contributed by atoms with Crippen LogP contribution in [0.4, 0.5) is 5.13 Å². The van der Waals surface area contributed by atoms with Gasteiger partial charge in [0.25, 0.3) is 5.91 Å². The molecule has 0 aliphatic rings. The molecule has 0 aliphatic carbocycles.